The molecule has 1 saturated heterocycles. The van der Waals surface area contributed by atoms with Gasteiger partial charge in [-0.3, -0.25) is 0 Å². The maximum absolute atomic E-state index is 11.5. The van der Waals surface area contributed by atoms with Crippen LogP contribution in [0, 0.1) is 0 Å². The summed E-state index contributed by atoms with van der Waals surface area (Å²) < 4.78 is 4.89. The number of hydrogen-bond donors (Lipinski definition) is 1. The minimum Gasteiger partial charge on any atom is -0.480 e. The van der Waals surface area contributed by atoms with Crippen molar-refractivity contribution in [3.63, 3.8) is 0 Å². The highest BCUT2D eigenvalue weighted by Crippen LogP contribution is 2.33. The fourth-order valence-corrected chi connectivity index (χ4v) is 2.43. The van der Waals surface area contributed by atoms with Crippen molar-refractivity contribution in [1.29, 1.82) is 0 Å². The lowest BCUT2D eigenvalue weighted by molar-refractivity contribution is -0.142. The summed E-state index contributed by atoms with van der Waals surface area (Å²) in [6.07, 6.45) is 2.82. The van der Waals surface area contributed by atoms with E-state index in [9.17, 15) is 14.7 Å². The van der Waals surface area contributed by atoms with Crippen LogP contribution in [0.2, 0.25) is 0 Å². The van der Waals surface area contributed by atoms with E-state index in [0.717, 1.165) is 6.42 Å². The zero-order valence-electron chi connectivity index (χ0n) is 11.6. The van der Waals surface area contributed by atoms with Gasteiger partial charge in [-0.05, 0) is 38.8 Å². The second kappa shape index (κ2) is 5.48. The predicted molar refractivity (Wildman–Crippen MR) is 72.8 cm³/mol. The number of carbonyl (C=O) groups excluding carboxylic acids is 1. The number of carbonyl (C=O) groups is 2. The molecule has 0 spiro atoms. The number of aromatic nitrogens is 1. The highest BCUT2D eigenvalue weighted by Gasteiger charge is 2.44. The molecule has 1 fully saturated rings. The summed E-state index contributed by atoms with van der Waals surface area (Å²) in [7, 11) is 0. The molecule has 108 valence electrons. The van der Waals surface area contributed by atoms with Crippen molar-refractivity contribution in [2.24, 2.45) is 0 Å². The Hall–Kier alpha value is -2.11. The molecule has 1 aliphatic heterocycles. The number of carboxylic acids is 1. The molecule has 2 rings (SSSR count). The number of pyridine rings is 1. The van der Waals surface area contributed by atoms with Crippen molar-refractivity contribution in [2.75, 3.05) is 18.1 Å². The fraction of sp³-hybridized carbons (Fsp3) is 0.500. The molecule has 0 aromatic carbocycles. The maximum Gasteiger partial charge on any atom is 0.339 e. The molecule has 1 atom stereocenters. The van der Waals surface area contributed by atoms with Crippen LogP contribution in [0.4, 0.5) is 5.82 Å². The van der Waals surface area contributed by atoms with E-state index in [2.05, 4.69) is 4.98 Å². The number of ether oxygens (including phenoxy) is 1. The van der Waals surface area contributed by atoms with Crippen LogP contribution in [-0.2, 0) is 9.53 Å². The van der Waals surface area contributed by atoms with Crippen LogP contribution < -0.4 is 4.90 Å². The summed E-state index contributed by atoms with van der Waals surface area (Å²) in [5, 5.41) is 9.37. The molecule has 20 heavy (non-hydrogen) atoms. The highest BCUT2D eigenvalue weighted by atomic mass is 16.5. The molecular formula is C14H18N2O4. The standard InChI is InChI=1S/C14H18N2O4/c1-3-20-12(17)10-5-6-11(15-9-10)16-8-4-7-14(16,2)13(18)19/h5-6,9H,3-4,7-8H2,1-2H3,(H,18,19). The molecule has 2 heterocycles. The lowest BCUT2D eigenvalue weighted by Crippen LogP contribution is -2.48. The number of esters is 1. The maximum atomic E-state index is 11.5. The summed E-state index contributed by atoms with van der Waals surface area (Å²) in [5.74, 6) is -0.708. The second-order valence-corrected chi connectivity index (χ2v) is 4.96. The summed E-state index contributed by atoms with van der Waals surface area (Å²) in [6.45, 7) is 4.39. The van der Waals surface area contributed by atoms with Crippen LogP contribution in [0.25, 0.3) is 0 Å². The molecule has 6 heteroatoms. The quantitative estimate of drug-likeness (QED) is 0.844. The van der Waals surface area contributed by atoms with Gasteiger partial charge in [-0.25, -0.2) is 14.6 Å². The van der Waals surface area contributed by atoms with E-state index in [1.807, 2.05) is 0 Å². The molecule has 0 bridgehead atoms. The molecule has 1 aromatic rings. The fourth-order valence-electron chi connectivity index (χ4n) is 2.43. The Bertz CT molecular complexity index is 514. The van der Waals surface area contributed by atoms with E-state index in [4.69, 9.17) is 4.74 Å². The molecule has 0 radical (unpaired) electrons. The van der Waals surface area contributed by atoms with E-state index < -0.39 is 17.5 Å². The van der Waals surface area contributed by atoms with Gasteiger partial charge in [-0.2, -0.15) is 0 Å². The molecule has 0 amide bonds. The van der Waals surface area contributed by atoms with Gasteiger partial charge in [0, 0.05) is 12.7 Å². The Morgan fingerprint density at radius 3 is 2.80 bits per heavy atom. The third-order valence-electron chi connectivity index (χ3n) is 3.64. The average Bonchev–Trinajstić information content (AvgIpc) is 2.83. The van der Waals surface area contributed by atoms with Gasteiger partial charge in [-0.15, -0.1) is 0 Å². The molecule has 1 aliphatic rings. The van der Waals surface area contributed by atoms with Crippen LogP contribution in [0.15, 0.2) is 18.3 Å². The lowest BCUT2D eigenvalue weighted by atomic mass is 9.99. The van der Waals surface area contributed by atoms with E-state index in [0.29, 0.717) is 31.0 Å². The van der Waals surface area contributed by atoms with Crippen LogP contribution in [0.5, 0.6) is 0 Å². The number of nitrogens with zero attached hydrogens (tertiary/aromatic N) is 2. The van der Waals surface area contributed by atoms with Crippen molar-refractivity contribution in [2.45, 2.75) is 32.2 Å². The van der Waals surface area contributed by atoms with Crippen LogP contribution in [0.3, 0.4) is 0 Å². The average molecular weight is 278 g/mol. The number of carboxylic acid groups (broad SMARTS) is 1. The highest BCUT2D eigenvalue weighted by molar-refractivity contribution is 5.89. The largest absolute Gasteiger partial charge is 0.480 e. The van der Waals surface area contributed by atoms with Crippen molar-refractivity contribution >= 4 is 17.8 Å². The van der Waals surface area contributed by atoms with E-state index in [-0.39, 0.29) is 0 Å². The van der Waals surface area contributed by atoms with E-state index in [1.165, 1.54) is 6.20 Å². The molecule has 0 saturated carbocycles. The SMILES string of the molecule is CCOC(=O)c1ccc(N2CCCC2(C)C(=O)O)nc1. The Labute approximate surface area is 117 Å². The lowest BCUT2D eigenvalue weighted by Gasteiger charge is -2.32. The molecule has 1 N–H and O–H groups in total. The first-order valence-corrected chi connectivity index (χ1v) is 6.63. The van der Waals surface area contributed by atoms with E-state index >= 15 is 0 Å². The van der Waals surface area contributed by atoms with Crippen LogP contribution in [-0.4, -0.2) is 40.7 Å². The third kappa shape index (κ3) is 2.45. The van der Waals surface area contributed by atoms with Crippen molar-refractivity contribution in [3.8, 4) is 0 Å². The smallest absolute Gasteiger partial charge is 0.339 e. The Morgan fingerprint density at radius 1 is 1.50 bits per heavy atom. The minimum atomic E-state index is -0.932. The first-order chi connectivity index (χ1) is 9.49. The number of rotatable bonds is 4. The zero-order valence-corrected chi connectivity index (χ0v) is 11.6. The van der Waals surface area contributed by atoms with Gasteiger partial charge in [0.05, 0.1) is 12.2 Å². The van der Waals surface area contributed by atoms with Crippen molar-refractivity contribution in [3.05, 3.63) is 23.9 Å². The van der Waals surface area contributed by atoms with Gasteiger partial charge < -0.3 is 14.7 Å². The molecule has 1 aromatic heterocycles. The molecular weight excluding hydrogens is 260 g/mol. The summed E-state index contributed by atoms with van der Waals surface area (Å²) in [6, 6.07) is 3.28. The minimum absolute atomic E-state index is 0.309. The van der Waals surface area contributed by atoms with Crippen LogP contribution in [0.1, 0.15) is 37.0 Å². The van der Waals surface area contributed by atoms with Crippen molar-refractivity contribution < 1.29 is 19.4 Å². The normalized spacial score (nSPS) is 21.8. The van der Waals surface area contributed by atoms with Gasteiger partial charge in [0.1, 0.15) is 11.4 Å². The second-order valence-electron chi connectivity index (χ2n) is 4.96. The molecule has 6 nitrogen and oxygen atoms in total. The predicted octanol–water partition coefficient (Wildman–Crippen LogP) is 1.70. The first-order valence-electron chi connectivity index (χ1n) is 6.63. The van der Waals surface area contributed by atoms with Gasteiger partial charge in [0.15, 0.2) is 0 Å². The monoisotopic (exact) mass is 278 g/mol. The van der Waals surface area contributed by atoms with Gasteiger partial charge in [0.2, 0.25) is 0 Å². The summed E-state index contributed by atoms with van der Waals surface area (Å²) >= 11 is 0. The number of aliphatic carboxylic acids is 1. The summed E-state index contributed by atoms with van der Waals surface area (Å²) in [5.41, 5.74) is -0.565. The van der Waals surface area contributed by atoms with E-state index in [1.54, 1.807) is 30.9 Å². The van der Waals surface area contributed by atoms with Crippen molar-refractivity contribution in [1.82, 2.24) is 4.98 Å². The zero-order chi connectivity index (χ0) is 14.8. The van der Waals surface area contributed by atoms with Gasteiger partial charge in [-0.1, -0.05) is 0 Å². The van der Waals surface area contributed by atoms with Gasteiger partial charge >= 0.3 is 11.9 Å². The molecule has 0 aliphatic carbocycles. The molecule has 1 unspecified atom stereocenters. The van der Waals surface area contributed by atoms with Crippen LogP contribution >= 0.6 is 0 Å². The topological polar surface area (TPSA) is 79.7 Å². The Morgan fingerprint density at radius 2 is 2.25 bits per heavy atom. The summed E-state index contributed by atoms with van der Waals surface area (Å²) in [4.78, 5) is 28.9. The number of hydrogen-bond acceptors (Lipinski definition) is 5. The van der Waals surface area contributed by atoms with Gasteiger partial charge in [0.25, 0.3) is 0 Å². The Kier molecular flexibility index (Phi) is 3.92. The Balaban J connectivity index is 2.22. The first kappa shape index (κ1) is 14.3. The third-order valence-corrected chi connectivity index (χ3v) is 3.64. The number of anilines is 1.